The van der Waals surface area contributed by atoms with Gasteiger partial charge in [0.05, 0.1) is 11.2 Å². The van der Waals surface area contributed by atoms with Crippen molar-refractivity contribution in [2.24, 2.45) is 5.10 Å². The van der Waals surface area contributed by atoms with Crippen molar-refractivity contribution in [3.8, 4) is 11.4 Å². The maximum absolute atomic E-state index is 6.15. The SMILES string of the molecule is S=c1[nH]nc(-c2ccccc2Br)n1/N=C/c1ccc(Cl)cc1Cl. The zero-order valence-corrected chi connectivity index (χ0v) is 15.4. The predicted molar refractivity (Wildman–Crippen MR) is 100 cm³/mol. The lowest BCUT2D eigenvalue weighted by atomic mass is 10.2. The lowest BCUT2D eigenvalue weighted by Crippen LogP contribution is -1.96. The summed E-state index contributed by atoms with van der Waals surface area (Å²) >= 11 is 20.8. The fourth-order valence-corrected chi connectivity index (χ4v) is 3.04. The Morgan fingerprint density at radius 3 is 2.74 bits per heavy atom. The van der Waals surface area contributed by atoms with Crippen molar-refractivity contribution in [3.05, 3.63) is 67.3 Å². The van der Waals surface area contributed by atoms with Gasteiger partial charge < -0.3 is 0 Å². The van der Waals surface area contributed by atoms with Gasteiger partial charge in [0.25, 0.3) is 0 Å². The first kappa shape index (κ1) is 16.4. The van der Waals surface area contributed by atoms with E-state index in [2.05, 4.69) is 31.2 Å². The topological polar surface area (TPSA) is 46.0 Å². The number of aromatic amines is 1. The van der Waals surface area contributed by atoms with Gasteiger partial charge in [0.15, 0.2) is 5.82 Å². The number of benzene rings is 2. The number of H-pyrrole nitrogens is 1. The number of hydrogen-bond acceptors (Lipinski definition) is 3. The predicted octanol–water partition coefficient (Wildman–Crippen LogP) is 5.56. The van der Waals surface area contributed by atoms with Gasteiger partial charge in [-0.2, -0.15) is 14.9 Å². The highest BCUT2D eigenvalue weighted by molar-refractivity contribution is 9.10. The molecule has 23 heavy (non-hydrogen) atoms. The number of nitrogens with zero attached hydrogens (tertiary/aromatic N) is 3. The van der Waals surface area contributed by atoms with Crippen molar-refractivity contribution >= 4 is 57.6 Å². The van der Waals surface area contributed by atoms with E-state index in [1.54, 1.807) is 29.1 Å². The third-order valence-corrected chi connectivity index (χ3v) is 4.56. The van der Waals surface area contributed by atoms with Crippen molar-refractivity contribution in [1.29, 1.82) is 0 Å². The zero-order valence-electron chi connectivity index (χ0n) is 11.5. The van der Waals surface area contributed by atoms with Crippen LogP contribution in [0.3, 0.4) is 0 Å². The van der Waals surface area contributed by atoms with Crippen molar-refractivity contribution in [2.45, 2.75) is 0 Å². The molecule has 0 radical (unpaired) electrons. The van der Waals surface area contributed by atoms with Crippen LogP contribution in [0, 0.1) is 4.77 Å². The van der Waals surface area contributed by atoms with Crippen LogP contribution < -0.4 is 0 Å². The zero-order chi connectivity index (χ0) is 16.4. The van der Waals surface area contributed by atoms with Gasteiger partial charge in [-0.15, -0.1) is 0 Å². The van der Waals surface area contributed by atoms with Gasteiger partial charge in [0.2, 0.25) is 4.77 Å². The molecule has 0 saturated heterocycles. The van der Waals surface area contributed by atoms with Crippen LogP contribution in [0.5, 0.6) is 0 Å². The van der Waals surface area contributed by atoms with E-state index in [1.807, 2.05) is 24.3 Å². The molecule has 0 saturated carbocycles. The van der Waals surface area contributed by atoms with Crippen LogP contribution in [0.15, 0.2) is 52.0 Å². The number of nitrogens with one attached hydrogen (secondary N) is 1. The lowest BCUT2D eigenvalue weighted by Gasteiger charge is -2.03. The molecule has 3 aromatic rings. The summed E-state index contributed by atoms with van der Waals surface area (Å²) in [5.41, 5.74) is 1.61. The van der Waals surface area contributed by atoms with Gasteiger partial charge in [-0.05, 0) is 36.5 Å². The molecule has 0 spiro atoms. The average molecular weight is 428 g/mol. The van der Waals surface area contributed by atoms with Crippen molar-refractivity contribution in [1.82, 2.24) is 14.9 Å². The van der Waals surface area contributed by atoms with Gasteiger partial charge in [0.1, 0.15) is 0 Å². The first-order valence-electron chi connectivity index (χ1n) is 6.48. The Balaban J connectivity index is 2.04. The van der Waals surface area contributed by atoms with E-state index in [-0.39, 0.29) is 0 Å². The highest BCUT2D eigenvalue weighted by atomic mass is 79.9. The van der Waals surface area contributed by atoms with Crippen LogP contribution in [-0.2, 0) is 0 Å². The Morgan fingerprint density at radius 2 is 2.00 bits per heavy atom. The summed E-state index contributed by atoms with van der Waals surface area (Å²) in [5, 5.41) is 12.5. The molecule has 116 valence electrons. The van der Waals surface area contributed by atoms with Crippen molar-refractivity contribution in [2.75, 3.05) is 0 Å². The maximum Gasteiger partial charge on any atom is 0.216 e. The normalized spacial score (nSPS) is 11.3. The Hall–Kier alpha value is -1.47. The van der Waals surface area contributed by atoms with Crippen LogP contribution in [0.2, 0.25) is 10.0 Å². The second kappa shape index (κ2) is 6.97. The summed E-state index contributed by atoms with van der Waals surface area (Å²) < 4.78 is 2.83. The molecule has 0 aliphatic carbocycles. The lowest BCUT2D eigenvalue weighted by molar-refractivity contribution is 0.871. The molecule has 1 heterocycles. The first-order chi connectivity index (χ1) is 11.1. The summed E-state index contributed by atoms with van der Waals surface area (Å²) in [7, 11) is 0. The smallest absolute Gasteiger partial charge is 0.216 e. The third kappa shape index (κ3) is 3.55. The average Bonchev–Trinajstić information content (AvgIpc) is 2.88. The molecule has 3 rings (SSSR count). The summed E-state index contributed by atoms with van der Waals surface area (Å²) in [6, 6.07) is 12.9. The molecule has 2 aromatic carbocycles. The molecule has 0 unspecified atom stereocenters. The Kier molecular flexibility index (Phi) is 4.96. The fraction of sp³-hybridized carbons (Fsp3) is 0. The number of halogens is 3. The molecule has 0 aliphatic rings. The van der Waals surface area contributed by atoms with E-state index in [1.165, 1.54) is 0 Å². The van der Waals surface area contributed by atoms with Gasteiger partial charge >= 0.3 is 0 Å². The summed E-state index contributed by atoms with van der Waals surface area (Å²) in [6.45, 7) is 0. The van der Waals surface area contributed by atoms with Crippen LogP contribution in [-0.4, -0.2) is 21.1 Å². The molecular formula is C15H9BrCl2N4S. The molecular weight excluding hydrogens is 419 g/mol. The minimum Gasteiger partial charge on any atom is -0.250 e. The fourth-order valence-electron chi connectivity index (χ4n) is 1.94. The minimum atomic E-state index is 0.386. The van der Waals surface area contributed by atoms with Gasteiger partial charge in [-0.3, -0.25) is 0 Å². The number of rotatable bonds is 3. The quantitative estimate of drug-likeness (QED) is 0.439. The van der Waals surface area contributed by atoms with Gasteiger partial charge in [-0.1, -0.05) is 57.3 Å². The van der Waals surface area contributed by atoms with Gasteiger partial charge in [0, 0.05) is 20.6 Å². The highest BCUT2D eigenvalue weighted by Gasteiger charge is 2.11. The number of hydrogen-bond donors (Lipinski definition) is 1. The Bertz CT molecular complexity index is 949. The van der Waals surface area contributed by atoms with E-state index < -0.39 is 0 Å². The van der Waals surface area contributed by atoms with Crippen molar-refractivity contribution in [3.63, 3.8) is 0 Å². The summed E-state index contributed by atoms with van der Waals surface area (Å²) in [5.74, 6) is 0.601. The van der Waals surface area contributed by atoms with Crippen LogP contribution in [0.25, 0.3) is 11.4 Å². The third-order valence-electron chi connectivity index (χ3n) is 3.04. The van der Waals surface area contributed by atoms with E-state index in [4.69, 9.17) is 35.4 Å². The largest absolute Gasteiger partial charge is 0.250 e. The Labute approximate surface area is 155 Å². The second-order valence-electron chi connectivity index (χ2n) is 4.55. The minimum absolute atomic E-state index is 0.386. The molecule has 0 aliphatic heterocycles. The molecule has 1 N–H and O–H groups in total. The molecule has 0 fully saturated rings. The monoisotopic (exact) mass is 426 g/mol. The maximum atomic E-state index is 6.15. The van der Waals surface area contributed by atoms with E-state index in [9.17, 15) is 0 Å². The molecule has 0 atom stereocenters. The standard InChI is InChI=1S/C15H9BrCl2N4S/c16-12-4-2-1-3-11(12)14-20-21-15(23)22(14)19-8-9-5-6-10(17)7-13(9)18/h1-8H,(H,21,23)/b19-8+. The number of aromatic nitrogens is 3. The van der Waals surface area contributed by atoms with Crippen LogP contribution in [0.1, 0.15) is 5.56 Å². The van der Waals surface area contributed by atoms with Crippen LogP contribution >= 0.6 is 51.3 Å². The molecule has 0 bridgehead atoms. The van der Waals surface area contributed by atoms with Gasteiger partial charge in [-0.25, -0.2) is 5.10 Å². The first-order valence-corrected chi connectivity index (χ1v) is 8.43. The van der Waals surface area contributed by atoms with E-state index in [0.717, 1.165) is 15.6 Å². The van der Waals surface area contributed by atoms with E-state index in [0.29, 0.717) is 20.6 Å². The van der Waals surface area contributed by atoms with E-state index >= 15 is 0 Å². The summed E-state index contributed by atoms with van der Waals surface area (Å²) in [6.07, 6.45) is 1.62. The molecule has 4 nitrogen and oxygen atoms in total. The molecule has 0 amide bonds. The van der Waals surface area contributed by atoms with Crippen molar-refractivity contribution < 1.29 is 0 Å². The Morgan fingerprint density at radius 1 is 1.22 bits per heavy atom. The highest BCUT2D eigenvalue weighted by Crippen LogP contribution is 2.26. The summed E-state index contributed by atoms with van der Waals surface area (Å²) in [4.78, 5) is 0. The van der Waals surface area contributed by atoms with Crippen LogP contribution in [0.4, 0.5) is 0 Å². The second-order valence-corrected chi connectivity index (χ2v) is 6.64. The molecule has 8 heteroatoms. The molecule has 1 aromatic heterocycles.